The highest BCUT2D eigenvalue weighted by atomic mass is 15.1. The fourth-order valence-corrected chi connectivity index (χ4v) is 19.6. The summed E-state index contributed by atoms with van der Waals surface area (Å²) in [6.45, 7) is 3.22. The highest BCUT2D eigenvalue weighted by Gasteiger charge is 2.30. The Kier molecular flexibility index (Phi) is 22.3. The summed E-state index contributed by atoms with van der Waals surface area (Å²) < 4.78 is 5.05. The zero-order chi connectivity index (χ0) is 88.1. The van der Waals surface area contributed by atoms with Crippen LogP contribution < -0.4 is 9.80 Å². The van der Waals surface area contributed by atoms with Crippen molar-refractivity contribution in [1.82, 2.24) is 9.13 Å². The van der Waals surface area contributed by atoms with Crippen LogP contribution in [0.25, 0.3) is 185 Å². The molecule has 4 heteroatoms. The summed E-state index contributed by atoms with van der Waals surface area (Å²) in [6.07, 6.45) is 11.2. The van der Waals surface area contributed by atoms with E-state index in [0.717, 1.165) is 143 Å². The Bertz CT molecular complexity index is 7750. The maximum atomic E-state index is 2.56. The first-order valence-corrected chi connectivity index (χ1v) is 45.9. The van der Waals surface area contributed by atoms with E-state index in [9.17, 15) is 0 Å². The van der Waals surface area contributed by atoms with Crippen molar-refractivity contribution >= 4 is 102 Å². The van der Waals surface area contributed by atoms with Gasteiger partial charge in [-0.2, -0.15) is 0 Å². The molecule has 20 aromatic carbocycles. The van der Waals surface area contributed by atoms with Crippen molar-refractivity contribution in [3.63, 3.8) is 0 Å². The maximum absolute atomic E-state index is 2.56. The van der Waals surface area contributed by atoms with Crippen LogP contribution in [0.3, 0.4) is 0 Å². The molecule has 0 atom stereocenters. The average molecular weight is 1690 g/mol. The monoisotopic (exact) mass is 1690 g/mol. The molecule has 0 fully saturated rings. The number of unbranched alkanes of at least 4 members (excludes halogenated alkanes) is 1. The molecule has 22 aromatic rings. The Hall–Kier alpha value is -16.9. The van der Waals surface area contributed by atoms with Gasteiger partial charge in [0.25, 0.3) is 0 Å². The van der Waals surface area contributed by atoms with E-state index in [4.69, 9.17) is 0 Å². The number of para-hydroxylation sites is 4. The second-order valence-corrected chi connectivity index (χ2v) is 34.0. The summed E-state index contributed by atoms with van der Waals surface area (Å²) in [7, 11) is 0. The predicted molar refractivity (Wildman–Crippen MR) is 563 cm³/mol. The van der Waals surface area contributed by atoms with Crippen LogP contribution in [0.1, 0.15) is 42.0 Å². The fourth-order valence-electron chi connectivity index (χ4n) is 19.6. The Morgan fingerprint density at radius 2 is 0.462 bits per heavy atom. The van der Waals surface area contributed by atoms with Gasteiger partial charge in [-0.3, -0.25) is 0 Å². The molecule has 0 radical (unpaired) electrons. The third-order valence-corrected chi connectivity index (χ3v) is 26.0. The van der Waals surface area contributed by atoms with E-state index < -0.39 is 0 Å². The highest BCUT2D eigenvalue weighted by molar-refractivity contribution is 6.17. The largest absolute Gasteiger partial charge is 0.340 e. The molecule has 2 aromatic heterocycles. The number of hydrogen-bond acceptors (Lipinski definition) is 2. The lowest BCUT2D eigenvalue weighted by Gasteiger charge is -2.29. The van der Waals surface area contributed by atoms with Crippen molar-refractivity contribution in [3.05, 3.63) is 514 Å². The topological polar surface area (TPSA) is 16.3 Å². The summed E-state index contributed by atoms with van der Waals surface area (Å²) >= 11 is 0. The molecule has 0 spiro atoms. The van der Waals surface area contributed by atoms with Gasteiger partial charge in [-0.1, -0.05) is 396 Å². The molecule has 0 saturated carbocycles. The summed E-state index contributed by atoms with van der Waals surface area (Å²) in [5.41, 5.74) is 40.3. The van der Waals surface area contributed by atoms with Crippen LogP contribution in [-0.4, -0.2) is 9.13 Å². The fraction of sp³-hybridized carbons (Fsp3) is 0.0312. The van der Waals surface area contributed by atoms with Crippen LogP contribution >= 0.6 is 0 Å². The Morgan fingerprint density at radius 3 is 0.818 bits per heavy atom. The number of aryl methyl sites for hydroxylation is 1. The van der Waals surface area contributed by atoms with Gasteiger partial charge in [-0.05, 0) is 273 Å². The van der Waals surface area contributed by atoms with E-state index in [0.29, 0.717) is 0 Å². The molecular weight excluding hydrogens is 1590 g/mol. The van der Waals surface area contributed by atoms with Gasteiger partial charge in [0, 0.05) is 78.9 Å². The SMILES string of the molecule is CCCCn1c2ccc(-c3ccc4c(c3)c3cc(-c5ccc(N(c6ccccc6)c6ccccc6)cc5)ccc3n4-c3ccc(-c4c(-c5ccccc5)c(-c5ccccc5)c(-c5ccccc5)c(-c5ccccc5)c4-c4ccccc4)cc3)cc2c2cc(-c3ccccc3/C=C/c3ccc(/C=C/c4ccccc4-c4ccc(N(c5ccccc5)c5ccccc5)cc4)cc3)ccc21. The van der Waals surface area contributed by atoms with Gasteiger partial charge in [0.2, 0.25) is 0 Å². The van der Waals surface area contributed by atoms with Crippen molar-refractivity contribution in [2.24, 2.45) is 0 Å². The minimum absolute atomic E-state index is 0.928. The Labute approximate surface area is 772 Å². The first kappa shape index (κ1) is 80.9. The van der Waals surface area contributed by atoms with Crippen molar-refractivity contribution in [3.8, 4) is 117 Å². The molecule has 4 nitrogen and oxygen atoms in total. The molecule has 0 aliphatic heterocycles. The normalized spacial score (nSPS) is 11.6. The second-order valence-electron chi connectivity index (χ2n) is 34.0. The van der Waals surface area contributed by atoms with Crippen LogP contribution in [0, 0.1) is 0 Å². The van der Waals surface area contributed by atoms with Crippen molar-refractivity contribution < 1.29 is 0 Å². The molecule has 0 aliphatic rings. The predicted octanol–water partition coefficient (Wildman–Crippen LogP) is 35.6. The number of hydrogen-bond donors (Lipinski definition) is 0. The lowest BCUT2D eigenvalue weighted by Crippen LogP contribution is -2.09. The first-order chi connectivity index (χ1) is 65.5. The smallest absolute Gasteiger partial charge is 0.0541 e. The third-order valence-electron chi connectivity index (χ3n) is 26.0. The van der Waals surface area contributed by atoms with Gasteiger partial charge >= 0.3 is 0 Å². The zero-order valence-corrected chi connectivity index (χ0v) is 73.5. The number of fused-ring (bicyclic) bond motifs is 6. The maximum Gasteiger partial charge on any atom is 0.0541 e. The second kappa shape index (κ2) is 36.4. The summed E-state index contributed by atoms with van der Waals surface area (Å²) in [6, 6.07) is 180. The van der Waals surface area contributed by atoms with E-state index in [2.05, 4.69) is 542 Å². The molecule has 626 valence electrons. The van der Waals surface area contributed by atoms with Gasteiger partial charge in [0.15, 0.2) is 0 Å². The molecule has 0 unspecified atom stereocenters. The molecule has 0 bridgehead atoms. The van der Waals surface area contributed by atoms with Crippen LogP contribution in [0.15, 0.2) is 491 Å². The average Bonchev–Trinajstić information content (AvgIpc) is 0.890. The van der Waals surface area contributed by atoms with Crippen LogP contribution in [0.5, 0.6) is 0 Å². The first-order valence-electron chi connectivity index (χ1n) is 45.9. The Morgan fingerprint density at radius 1 is 0.205 bits per heavy atom. The lowest BCUT2D eigenvalue weighted by atomic mass is 9.74. The van der Waals surface area contributed by atoms with E-state index in [1.165, 1.54) is 93.8 Å². The van der Waals surface area contributed by atoms with E-state index >= 15 is 0 Å². The van der Waals surface area contributed by atoms with Crippen molar-refractivity contribution in [2.75, 3.05) is 9.80 Å². The number of rotatable bonds is 24. The molecule has 0 amide bonds. The standard InChI is InChI=1S/C128H94N4/c1-2-3-85-129-119-81-71-103(87-115(119)116-89-105(74-82-120(116)129)114-56-34-32-36-94(114)64-62-91-59-57-90(58-60-91)61-63-93-35-31-33-55-113(93)95-67-77-111(78-68-95)131(108-51-27-11-28-52-108)109-53-29-12-30-54-109)104-73-84-122-118(88-104)117-86-102(92-65-75-110(76-66-92)130(106-47-23-9-24-48-106)107-49-25-10-26-50-107)72-83-121(117)132(122)112-79-69-101(70-80-112)128-126(99-43-19-7-20-44-99)124(97-39-15-5-16-40-97)123(96-37-13-4-14-38-96)125(98-41-17-6-18-42-98)127(128)100-45-21-8-22-46-100/h4-84,86-89H,2-3,85H2,1H3/b63-61+,64-62+. The van der Waals surface area contributed by atoms with Gasteiger partial charge in [-0.15, -0.1) is 0 Å². The Balaban J connectivity index is 0.631. The summed E-state index contributed by atoms with van der Waals surface area (Å²) in [5.74, 6) is 0. The van der Waals surface area contributed by atoms with Crippen LogP contribution in [-0.2, 0) is 6.54 Å². The number of nitrogens with zero attached hydrogens (tertiary/aromatic N) is 4. The van der Waals surface area contributed by atoms with Crippen molar-refractivity contribution in [2.45, 2.75) is 26.3 Å². The van der Waals surface area contributed by atoms with Crippen LogP contribution in [0.2, 0.25) is 0 Å². The highest BCUT2D eigenvalue weighted by Crippen LogP contribution is 2.57. The molecule has 0 N–H and O–H groups in total. The van der Waals surface area contributed by atoms with Crippen LogP contribution in [0.4, 0.5) is 34.1 Å². The summed E-state index contributed by atoms with van der Waals surface area (Å²) in [4.78, 5) is 4.63. The van der Waals surface area contributed by atoms with Gasteiger partial charge in [0.05, 0.1) is 11.0 Å². The lowest BCUT2D eigenvalue weighted by molar-refractivity contribution is 0.665. The van der Waals surface area contributed by atoms with Gasteiger partial charge in [-0.25, -0.2) is 0 Å². The molecule has 132 heavy (non-hydrogen) atoms. The van der Waals surface area contributed by atoms with Gasteiger partial charge in [0.1, 0.15) is 0 Å². The number of anilines is 6. The van der Waals surface area contributed by atoms with E-state index in [1.54, 1.807) is 0 Å². The van der Waals surface area contributed by atoms with Gasteiger partial charge < -0.3 is 18.9 Å². The minimum Gasteiger partial charge on any atom is -0.340 e. The van der Waals surface area contributed by atoms with Crippen molar-refractivity contribution in [1.29, 1.82) is 0 Å². The third kappa shape index (κ3) is 15.9. The zero-order valence-electron chi connectivity index (χ0n) is 73.5. The van der Waals surface area contributed by atoms with E-state index in [1.807, 2.05) is 0 Å². The number of benzene rings is 20. The van der Waals surface area contributed by atoms with E-state index in [-0.39, 0.29) is 0 Å². The minimum atomic E-state index is 0.928. The molecular formula is C128H94N4. The molecule has 2 heterocycles. The quantitative estimate of drug-likeness (QED) is 0.0561. The molecule has 22 rings (SSSR count). The molecule has 0 aliphatic carbocycles. The molecule has 0 saturated heterocycles. The number of aromatic nitrogens is 2. The summed E-state index contributed by atoms with van der Waals surface area (Å²) in [5, 5.41) is 4.84.